The van der Waals surface area contributed by atoms with Crippen molar-refractivity contribution in [2.45, 2.75) is 62.8 Å². The standard InChI is InChI=1S/C15H29N3O/c1-12-13(6-10-19-12)17(2)15(11-16)7-9-18-8-4-3-5-14(15)18/h12-14H,3-11,16H2,1-2H3. The quantitative estimate of drug-likeness (QED) is 0.830. The van der Waals surface area contributed by atoms with E-state index in [1.54, 1.807) is 0 Å². The van der Waals surface area contributed by atoms with Gasteiger partial charge in [-0.25, -0.2) is 0 Å². The van der Waals surface area contributed by atoms with Crippen LogP contribution in [0.25, 0.3) is 0 Å². The van der Waals surface area contributed by atoms with Gasteiger partial charge in [-0.1, -0.05) is 6.42 Å². The van der Waals surface area contributed by atoms with Crippen LogP contribution in [0.4, 0.5) is 0 Å². The fraction of sp³-hybridized carbons (Fsp3) is 1.00. The summed E-state index contributed by atoms with van der Waals surface area (Å²) >= 11 is 0. The summed E-state index contributed by atoms with van der Waals surface area (Å²) in [6.07, 6.45) is 6.80. The summed E-state index contributed by atoms with van der Waals surface area (Å²) in [5, 5.41) is 0. The summed E-state index contributed by atoms with van der Waals surface area (Å²) in [6, 6.07) is 1.22. The Morgan fingerprint density at radius 3 is 2.84 bits per heavy atom. The first kappa shape index (κ1) is 13.8. The molecule has 0 radical (unpaired) electrons. The van der Waals surface area contributed by atoms with Crippen LogP contribution in [0.15, 0.2) is 0 Å². The van der Waals surface area contributed by atoms with Crippen molar-refractivity contribution in [1.29, 1.82) is 0 Å². The molecule has 0 aromatic heterocycles. The molecule has 0 aliphatic carbocycles. The Morgan fingerprint density at radius 2 is 2.16 bits per heavy atom. The highest BCUT2D eigenvalue weighted by Crippen LogP contribution is 2.40. The van der Waals surface area contributed by atoms with Crippen LogP contribution in [0.2, 0.25) is 0 Å². The smallest absolute Gasteiger partial charge is 0.0703 e. The van der Waals surface area contributed by atoms with Crippen LogP contribution < -0.4 is 5.73 Å². The summed E-state index contributed by atoms with van der Waals surface area (Å²) in [7, 11) is 2.29. The monoisotopic (exact) mass is 267 g/mol. The Balaban J connectivity index is 1.82. The van der Waals surface area contributed by atoms with E-state index >= 15 is 0 Å². The van der Waals surface area contributed by atoms with Crippen molar-refractivity contribution >= 4 is 0 Å². The second-order valence-corrected chi connectivity index (χ2v) is 6.65. The van der Waals surface area contributed by atoms with Gasteiger partial charge in [0.25, 0.3) is 0 Å². The highest BCUT2D eigenvalue weighted by atomic mass is 16.5. The molecule has 0 bridgehead atoms. The van der Waals surface area contributed by atoms with Crippen molar-refractivity contribution in [3.63, 3.8) is 0 Å². The SMILES string of the molecule is CC1OCCC1N(C)C1(CN)CCN2CCCCC21. The van der Waals surface area contributed by atoms with Crippen molar-refractivity contribution in [1.82, 2.24) is 9.80 Å². The van der Waals surface area contributed by atoms with Gasteiger partial charge >= 0.3 is 0 Å². The minimum Gasteiger partial charge on any atom is -0.377 e. The molecule has 19 heavy (non-hydrogen) atoms. The van der Waals surface area contributed by atoms with Gasteiger partial charge in [0, 0.05) is 37.3 Å². The first-order valence-corrected chi connectivity index (χ1v) is 7.98. The number of likely N-dealkylation sites (N-methyl/N-ethyl adjacent to an activating group) is 1. The van der Waals surface area contributed by atoms with E-state index in [1.807, 2.05) is 0 Å². The van der Waals surface area contributed by atoms with Gasteiger partial charge in [-0.15, -0.1) is 0 Å². The Morgan fingerprint density at radius 1 is 1.32 bits per heavy atom. The second kappa shape index (κ2) is 5.32. The molecule has 4 nitrogen and oxygen atoms in total. The van der Waals surface area contributed by atoms with Gasteiger partial charge in [0.15, 0.2) is 0 Å². The highest BCUT2D eigenvalue weighted by molar-refractivity contribution is 5.10. The third-order valence-corrected chi connectivity index (χ3v) is 5.96. The summed E-state index contributed by atoms with van der Waals surface area (Å²) in [5.41, 5.74) is 6.47. The molecule has 4 atom stereocenters. The molecule has 0 aromatic rings. The molecule has 4 heteroatoms. The van der Waals surface area contributed by atoms with Crippen molar-refractivity contribution < 1.29 is 4.74 Å². The van der Waals surface area contributed by atoms with Gasteiger partial charge in [-0.05, 0) is 46.2 Å². The van der Waals surface area contributed by atoms with E-state index in [0.29, 0.717) is 18.2 Å². The van der Waals surface area contributed by atoms with Crippen molar-refractivity contribution in [2.24, 2.45) is 5.73 Å². The molecular weight excluding hydrogens is 238 g/mol. The second-order valence-electron chi connectivity index (χ2n) is 6.65. The third kappa shape index (κ3) is 2.13. The van der Waals surface area contributed by atoms with Crippen LogP contribution in [0.3, 0.4) is 0 Å². The molecule has 0 aromatic carbocycles. The van der Waals surface area contributed by atoms with Crippen LogP contribution in [0.1, 0.15) is 39.0 Å². The number of rotatable bonds is 3. The maximum atomic E-state index is 6.28. The molecule has 3 aliphatic heterocycles. The zero-order valence-electron chi connectivity index (χ0n) is 12.5. The molecule has 0 spiro atoms. The predicted octanol–water partition coefficient (Wildman–Crippen LogP) is 1.05. The van der Waals surface area contributed by atoms with Gasteiger partial charge in [0.2, 0.25) is 0 Å². The number of ether oxygens (including phenoxy) is 1. The van der Waals surface area contributed by atoms with E-state index in [-0.39, 0.29) is 5.54 Å². The molecule has 0 saturated carbocycles. The zero-order chi connectivity index (χ0) is 13.5. The van der Waals surface area contributed by atoms with Crippen LogP contribution in [0, 0.1) is 0 Å². The summed E-state index contributed by atoms with van der Waals surface area (Å²) < 4.78 is 5.78. The van der Waals surface area contributed by atoms with Gasteiger partial charge in [-0.3, -0.25) is 9.80 Å². The van der Waals surface area contributed by atoms with Gasteiger partial charge in [0.1, 0.15) is 0 Å². The van der Waals surface area contributed by atoms with E-state index in [1.165, 1.54) is 38.8 Å². The lowest BCUT2D eigenvalue weighted by Crippen LogP contribution is -2.63. The first-order valence-electron chi connectivity index (χ1n) is 7.98. The fourth-order valence-electron chi connectivity index (χ4n) is 4.72. The summed E-state index contributed by atoms with van der Waals surface area (Å²) in [6.45, 7) is 6.41. The van der Waals surface area contributed by atoms with Crippen LogP contribution in [-0.2, 0) is 4.74 Å². The summed E-state index contributed by atoms with van der Waals surface area (Å²) in [5.74, 6) is 0. The van der Waals surface area contributed by atoms with Crippen LogP contribution in [0.5, 0.6) is 0 Å². The minimum absolute atomic E-state index is 0.188. The molecular formula is C15H29N3O. The summed E-state index contributed by atoms with van der Waals surface area (Å²) in [4.78, 5) is 5.29. The van der Waals surface area contributed by atoms with Gasteiger partial charge in [0.05, 0.1) is 6.10 Å². The van der Waals surface area contributed by atoms with E-state index < -0.39 is 0 Å². The maximum absolute atomic E-state index is 6.28. The molecule has 2 N–H and O–H groups in total. The maximum Gasteiger partial charge on any atom is 0.0703 e. The van der Waals surface area contributed by atoms with Crippen LogP contribution in [-0.4, -0.2) is 66.8 Å². The predicted molar refractivity (Wildman–Crippen MR) is 77.2 cm³/mol. The normalized spacial score (nSPS) is 43.9. The molecule has 3 heterocycles. The molecule has 3 fully saturated rings. The molecule has 4 unspecified atom stereocenters. The third-order valence-electron chi connectivity index (χ3n) is 5.96. The molecule has 0 amide bonds. The Hall–Kier alpha value is -0.160. The van der Waals surface area contributed by atoms with Gasteiger partial charge in [-0.2, -0.15) is 0 Å². The molecule has 110 valence electrons. The molecule has 3 saturated heterocycles. The number of piperidine rings is 1. The number of hydrogen-bond acceptors (Lipinski definition) is 4. The van der Waals surface area contributed by atoms with E-state index in [4.69, 9.17) is 10.5 Å². The average Bonchev–Trinajstić information content (AvgIpc) is 3.02. The lowest BCUT2D eigenvalue weighted by molar-refractivity contribution is 0.000481. The lowest BCUT2D eigenvalue weighted by Gasteiger charge is -2.48. The van der Waals surface area contributed by atoms with E-state index in [2.05, 4.69) is 23.8 Å². The highest BCUT2D eigenvalue weighted by Gasteiger charge is 2.52. The number of fused-ring (bicyclic) bond motifs is 1. The average molecular weight is 267 g/mol. The largest absolute Gasteiger partial charge is 0.377 e. The fourth-order valence-corrected chi connectivity index (χ4v) is 4.72. The topological polar surface area (TPSA) is 41.7 Å². The Bertz CT molecular complexity index is 325. The molecule has 3 rings (SSSR count). The van der Waals surface area contributed by atoms with E-state index in [9.17, 15) is 0 Å². The number of hydrogen-bond donors (Lipinski definition) is 1. The van der Waals surface area contributed by atoms with Crippen molar-refractivity contribution in [3.05, 3.63) is 0 Å². The van der Waals surface area contributed by atoms with E-state index in [0.717, 1.165) is 19.6 Å². The van der Waals surface area contributed by atoms with Crippen molar-refractivity contribution in [2.75, 3.05) is 33.3 Å². The van der Waals surface area contributed by atoms with Gasteiger partial charge < -0.3 is 10.5 Å². The zero-order valence-corrected chi connectivity index (χ0v) is 12.5. The molecule has 3 aliphatic rings. The van der Waals surface area contributed by atoms with Crippen LogP contribution >= 0.6 is 0 Å². The minimum atomic E-state index is 0.188. The first-order chi connectivity index (χ1) is 9.19. The Labute approximate surface area is 117 Å². The number of nitrogens with zero attached hydrogens (tertiary/aromatic N) is 2. The Kier molecular flexibility index (Phi) is 3.87. The van der Waals surface area contributed by atoms with Crippen molar-refractivity contribution in [3.8, 4) is 0 Å². The number of nitrogens with two attached hydrogens (primary N) is 1. The lowest BCUT2D eigenvalue weighted by atomic mass is 9.82.